The number of nitrogens with zero attached hydrogens (tertiary/aromatic N) is 2. The van der Waals surface area contributed by atoms with Crippen molar-refractivity contribution in [3.05, 3.63) is 94.2 Å². The summed E-state index contributed by atoms with van der Waals surface area (Å²) in [5, 5.41) is 3.99. The average molecular weight is 460 g/mol. The number of amides is 1. The highest BCUT2D eigenvalue weighted by molar-refractivity contribution is 9.10. The summed E-state index contributed by atoms with van der Waals surface area (Å²) < 4.78 is 0.916. The van der Waals surface area contributed by atoms with Crippen molar-refractivity contribution in [2.24, 2.45) is 0 Å². The van der Waals surface area contributed by atoms with E-state index in [2.05, 4.69) is 26.2 Å². The van der Waals surface area contributed by atoms with Crippen LogP contribution in [0.5, 0.6) is 0 Å². The van der Waals surface area contributed by atoms with Crippen LogP contribution in [-0.2, 0) is 6.42 Å². The summed E-state index contributed by atoms with van der Waals surface area (Å²) in [6.45, 7) is 3.97. The highest BCUT2D eigenvalue weighted by Crippen LogP contribution is 2.31. The molecule has 1 amide bonds. The predicted octanol–water partition coefficient (Wildman–Crippen LogP) is 5.73. The van der Waals surface area contributed by atoms with Gasteiger partial charge in [-0.25, -0.2) is 4.98 Å². The van der Waals surface area contributed by atoms with Gasteiger partial charge in [0.1, 0.15) is 0 Å². The van der Waals surface area contributed by atoms with Crippen molar-refractivity contribution in [3.63, 3.8) is 0 Å². The fraction of sp³-hybridized carbons (Fsp3) is 0.160. The summed E-state index contributed by atoms with van der Waals surface area (Å²) in [6.07, 6.45) is 2.44. The van der Waals surface area contributed by atoms with Gasteiger partial charge in [-0.05, 0) is 49.7 Å². The first kappa shape index (κ1) is 20.2. The fourth-order valence-electron chi connectivity index (χ4n) is 3.68. The fourth-order valence-corrected chi connectivity index (χ4v) is 4.04. The first-order valence-electron chi connectivity index (χ1n) is 9.89. The number of fused-ring (bicyclic) bond motifs is 1. The molecule has 150 valence electrons. The van der Waals surface area contributed by atoms with Crippen molar-refractivity contribution in [1.29, 1.82) is 0 Å². The third-order valence-corrected chi connectivity index (χ3v) is 5.58. The van der Waals surface area contributed by atoms with E-state index in [1.807, 2.05) is 80.6 Å². The number of benzene rings is 2. The van der Waals surface area contributed by atoms with Crippen molar-refractivity contribution in [3.8, 4) is 11.3 Å². The van der Waals surface area contributed by atoms with Gasteiger partial charge in [-0.15, -0.1) is 0 Å². The van der Waals surface area contributed by atoms with Crippen molar-refractivity contribution in [2.45, 2.75) is 26.3 Å². The van der Waals surface area contributed by atoms with Gasteiger partial charge in [-0.3, -0.25) is 9.78 Å². The third-order valence-electron chi connectivity index (χ3n) is 5.08. The van der Waals surface area contributed by atoms with Gasteiger partial charge in [0.05, 0.1) is 16.8 Å². The molecule has 2 aromatic carbocycles. The van der Waals surface area contributed by atoms with Crippen LogP contribution in [-0.4, -0.2) is 21.9 Å². The van der Waals surface area contributed by atoms with E-state index in [1.54, 1.807) is 6.20 Å². The summed E-state index contributed by atoms with van der Waals surface area (Å²) in [6, 6.07) is 21.6. The molecule has 4 rings (SSSR count). The van der Waals surface area contributed by atoms with Gasteiger partial charge in [0.2, 0.25) is 0 Å². The topological polar surface area (TPSA) is 54.9 Å². The van der Waals surface area contributed by atoms with E-state index in [9.17, 15) is 4.79 Å². The maximum Gasteiger partial charge on any atom is 0.252 e. The van der Waals surface area contributed by atoms with Gasteiger partial charge < -0.3 is 5.32 Å². The lowest BCUT2D eigenvalue weighted by Crippen LogP contribution is -2.35. The third kappa shape index (κ3) is 4.26. The van der Waals surface area contributed by atoms with Crippen LogP contribution in [0.4, 0.5) is 0 Å². The van der Waals surface area contributed by atoms with E-state index in [0.717, 1.165) is 37.9 Å². The molecule has 5 heteroatoms. The van der Waals surface area contributed by atoms with Crippen LogP contribution < -0.4 is 5.32 Å². The second kappa shape index (κ2) is 8.76. The van der Waals surface area contributed by atoms with Gasteiger partial charge in [0.15, 0.2) is 0 Å². The molecule has 4 aromatic rings. The van der Waals surface area contributed by atoms with E-state index >= 15 is 0 Å². The summed E-state index contributed by atoms with van der Waals surface area (Å²) in [5.41, 5.74) is 5.10. The highest BCUT2D eigenvalue weighted by atomic mass is 79.9. The Kier molecular flexibility index (Phi) is 5.91. The van der Waals surface area contributed by atoms with E-state index < -0.39 is 0 Å². The zero-order chi connectivity index (χ0) is 21.1. The van der Waals surface area contributed by atoms with Crippen LogP contribution in [0.3, 0.4) is 0 Å². The SMILES string of the molecule is Cc1c(-c2ccccc2)nc2ccc(Br)cc2c1C(=O)NC(C)Cc1ccccn1. The molecule has 0 bridgehead atoms. The highest BCUT2D eigenvalue weighted by Gasteiger charge is 2.20. The number of hydrogen-bond donors (Lipinski definition) is 1. The van der Waals surface area contributed by atoms with Crippen LogP contribution in [0.15, 0.2) is 77.4 Å². The number of carbonyl (C=O) groups is 1. The molecule has 0 aliphatic rings. The number of hydrogen-bond acceptors (Lipinski definition) is 3. The molecule has 0 fully saturated rings. The first-order chi connectivity index (χ1) is 14.5. The van der Waals surface area contributed by atoms with Gasteiger partial charge >= 0.3 is 0 Å². The van der Waals surface area contributed by atoms with Crippen molar-refractivity contribution in [1.82, 2.24) is 15.3 Å². The Bertz CT molecular complexity index is 1190. The first-order valence-corrected chi connectivity index (χ1v) is 10.7. The number of halogens is 1. The number of rotatable bonds is 5. The molecule has 2 heterocycles. The monoisotopic (exact) mass is 459 g/mol. The molecular formula is C25H22BrN3O. The zero-order valence-electron chi connectivity index (χ0n) is 16.9. The minimum atomic E-state index is -0.0985. The Morgan fingerprint density at radius 3 is 2.57 bits per heavy atom. The van der Waals surface area contributed by atoms with Crippen LogP contribution in [0.1, 0.15) is 28.5 Å². The van der Waals surface area contributed by atoms with E-state index in [-0.39, 0.29) is 11.9 Å². The van der Waals surface area contributed by atoms with Gasteiger partial charge in [-0.1, -0.05) is 52.3 Å². The number of carbonyl (C=O) groups excluding carboxylic acids is 1. The van der Waals surface area contributed by atoms with Crippen LogP contribution >= 0.6 is 15.9 Å². The molecule has 0 radical (unpaired) electrons. The van der Waals surface area contributed by atoms with E-state index in [4.69, 9.17) is 4.98 Å². The zero-order valence-corrected chi connectivity index (χ0v) is 18.5. The summed E-state index contributed by atoms with van der Waals surface area (Å²) in [5.74, 6) is -0.0985. The van der Waals surface area contributed by atoms with Crippen LogP contribution in [0, 0.1) is 6.92 Å². The molecule has 0 saturated carbocycles. The Hall–Kier alpha value is -3.05. The molecule has 1 N–H and O–H groups in total. The molecule has 0 aliphatic carbocycles. The van der Waals surface area contributed by atoms with E-state index in [0.29, 0.717) is 12.0 Å². The standard InChI is InChI=1S/C25H22BrN3O/c1-16(14-20-10-6-7-13-27-20)28-25(30)23-17(2)24(18-8-4-3-5-9-18)29-22-12-11-19(26)15-21(22)23/h3-13,15-16H,14H2,1-2H3,(H,28,30). The van der Waals surface area contributed by atoms with Gasteiger partial charge in [0, 0.05) is 39.8 Å². The normalized spacial score (nSPS) is 12.0. The Morgan fingerprint density at radius 1 is 1.07 bits per heavy atom. The minimum Gasteiger partial charge on any atom is -0.349 e. The second-order valence-corrected chi connectivity index (χ2v) is 8.30. The summed E-state index contributed by atoms with van der Waals surface area (Å²) in [4.78, 5) is 22.6. The molecule has 4 nitrogen and oxygen atoms in total. The predicted molar refractivity (Wildman–Crippen MR) is 124 cm³/mol. The molecule has 30 heavy (non-hydrogen) atoms. The molecular weight excluding hydrogens is 438 g/mol. The Labute approximate surface area is 184 Å². The number of aromatic nitrogens is 2. The molecule has 0 aliphatic heterocycles. The lowest BCUT2D eigenvalue weighted by Gasteiger charge is -2.18. The summed E-state index contributed by atoms with van der Waals surface area (Å²) in [7, 11) is 0. The van der Waals surface area contributed by atoms with E-state index in [1.165, 1.54) is 0 Å². The molecule has 0 saturated heterocycles. The number of nitrogens with one attached hydrogen (secondary N) is 1. The van der Waals surface area contributed by atoms with Crippen molar-refractivity contribution in [2.75, 3.05) is 0 Å². The van der Waals surface area contributed by atoms with Crippen LogP contribution in [0.2, 0.25) is 0 Å². The quantitative estimate of drug-likeness (QED) is 0.414. The molecule has 1 atom stereocenters. The number of pyridine rings is 2. The maximum atomic E-state index is 13.4. The average Bonchev–Trinajstić information content (AvgIpc) is 2.74. The molecule has 1 unspecified atom stereocenters. The lowest BCUT2D eigenvalue weighted by molar-refractivity contribution is 0.0941. The van der Waals surface area contributed by atoms with Crippen LogP contribution in [0.25, 0.3) is 22.2 Å². The van der Waals surface area contributed by atoms with Crippen molar-refractivity contribution < 1.29 is 4.79 Å². The lowest BCUT2D eigenvalue weighted by atomic mass is 9.97. The maximum absolute atomic E-state index is 13.4. The largest absolute Gasteiger partial charge is 0.349 e. The second-order valence-electron chi connectivity index (χ2n) is 7.39. The summed E-state index contributed by atoms with van der Waals surface area (Å²) >= 11 is 3.53. The Morgan fingerprint density at radius 2 is 1.83 bits per heavy atom. The Balaban J connectivity index is 1.75. The smallest absolute Gasteiger partial charge is 0.252 e. The molecule has 0 spiro atoms. The van der Waals surface area contributed by atoms with Gasteiger partial charge in [-0.2, -0.15) is 0 Å². The minimum absolute atomic E-state index is 0.0534. The van der Waals surface area contributed by atoms with Gasteiger partial charge in [0.25, 0.3) is 5.91 Å². The molecule has 2 aromatic heterocycles. The van der Waals surface area contributed by atoms with Crippen molar-refractivity contribution >= 4 is 32.7 Å².